The number of amides is 2. The molecular formula is C32H33N3O4S. The maximum absolute atomic E-state index is 13.5. The first-order valence-electron chi connectivity index (χ1n) is 12.9. The van der Waals surface area contributed by atoms with Crippen LogP contribution in [0.1, 0.15) is 42.3 Å². The summed E-state index contributed by atoms with van der Waals surface area (Å²) in [6.45, 7) is 7.80. The van der Waals surface area contributed by atoms with Gasteiger partial charge in [-0.3, -0.25) is 13.9 Å². The number of hydrogen-bond donors (Lipinski definition) is 2. The summed E-state index contributed by atoms with van der Waals surface area (Å²) in [5.74, 6) is -0.801. The van der Waals surface area contributed by atoms with Crippen molar-refractivity contribution in [3.63, 3.8) is 0 Å². The Kier molecular flexibility index (Phi) is 8.40. The molecule has 0 radical (unpaired) electrons. The fourth-order valence-corrected chi connectivity index (χ4v) is 5.52. The molecule has 8 heteroatoms. The topological polar surface area (TPSA) is 95.6 Å². The van der Waals surface area contributed by atoms with Crippen LogP contribution in [0.25, 0.3) is 0 Å². The van der Waals surface area contributed by atoms with E-state index in [4.69, 9.17) is 0 Å². The lowest BCUT2D eigenvalue weighted by Gasteiger charge is -2.24. The van der Waals surface area contributed by atoms with Crippen molar-refractivity contribution in [3.05, 3.63) is 120 Å². The SMILES string of the molecule is Cc1ccc(N(CC(=O)Nc2cccc(NC(=O)c3ccc(C(C)(C)C)cc3)c2)S(=O)(=O)c2ccccc2)cc1. The molecule has 0 aliphatic carbocycles. The number of carbonyl (C=O) groups is 2. The van der Waals surface area contributed by atoms with Crippen molar-refractivity contribution >= 4 is 38.9 Å². The molecule has 4 aromatic carbocycles. The molecular weight excluding hydrogens is 522 g/mol. The monoisotopic (exact) mass is 555 g/mol. The van der Waals surface area contributed by atoms with Crippen molar-refractivity contribution < 1.29 is 18.0 Å². The van der Waals surface area contributed by atoms with Crippen LogP contribution in [0.2, 0.25) is 0 Å². The van der Waals surface area contributed by atoms with Crippen LogP contribution < -0.4 is 14.9 Å². The molecule has 4 rings (SSSR count). The molecule has 40 heavy (non-hydrogen) atoms. The van der Waals surface area contributed by atoms with Gasteiger partial charge in [-0.25, -0.2) is 8.42 Å². The van der Waals surface area contributed by atoms with E-state index in [1.165, 1.54) is 12.1 Å². The highest BCUT2D eigenvalue weighted by Gasteiger charge is 2.27. The number of anilines is 3. The molecule has 0 saturated heterocycles. The number of nitrogens with zero attached hydrogens (tertiary/aromatic N) is 1. The molecule has 0 aromatic heterocycles. The summed E-state index contributed by atoms with van der Waals surface area (Å²) in [5.41, 5.74) is 3.89. The Morgan fingerprint density at radius 3 is 1.95 bits per heavy atom. The third-order valence-corrected chi connectivity index (χ3v) is 8.15. The molecule has 0 aliphatic heterocycles. The number of aryl methyl sites for hydroxylation is 1. The molecule has 4 aromatic rings. The summed E-state index contributed by atoms with van der Waals surface area (Å²) in [4.78, 5) is 26.0. The van der Waals surface area contributed by atoms with Gasteiger partial charge in [0.1, 0.15) is 6.54 Å². The number of sulfonamides is 1. The third-order valence-electron chi connectivity index (χ3n) is 6.36. The number of nitrogens with one attached hydrogen (secondary N) is 2. The lowest BCUT2D eigenvalue weighted by atomic mass is 9.87. The summed E-state index contributed by atoms with van der Waals surface area (Å²) >= 11 is 0. The Hall–Kier alpha value is -4.43. The number of rotatable bonds is 8. The van der Waals surface area contributed by atoms with Crippen LogP contribution >= 0.6 is 0 Å². The second-order valence-electron chi connectivity index (χ2n) is 10.6. The van der Waals surface area contributed by atoms with Gasteiger partial charge in [-0.2, -0.15) is 0 Å². The summed E-state index contributed by atoms with van der Waals surface area (Å²) in [5, 5.41) is 5.61. The number of hydrogen-bond acceptors (Lipinski definition) is 4. The van der Waals surface area contributed by atoms with Crippen molar-refractivity contribution in [3.8, 4) is 0 Å². The lowest BCUT2D eigenvalue weighted by Crippen LogP contribution is -2.38. The van der Waals surface area contributed by atoms with E-state index in [9.17, 15) is 18.0 Å². The Morgan fingerprint density at radius 2 is 1.35 bits per heavy atom. The van der Waals surface area contributed by atoms with Gasteiger partial charge < -0.3 is 10.6 Å². The van der Waals surface area contributed by atoms with Crippen molar-refractivity contribution in [2.24, 2.45) is 0 Å². The molecule has 2 N–H and O–H groups in total. The van der Waals surface area contributed by atoms with E-state index in [0.717, 1.165) is 15.4 Å². The Morgan fingerprint density at radius 1 is 0.750 bits per heavy atom. The molecule has 7 nitrogen and oxygen atoms in total. The number of benzene rings is 4. The van der Waals surface area contributed by atoms with Gasteiger partial charge in [0.2, 0.25) is 5.91 Å². The first kappa shape index (κ1) is 28.6. The van der Waals surface area contributed by atoms with E-state index < -0.39 is 22.5 Å². The first-order chi connectivity index (χ1) is 18.9. The van der Waals surface area contributed by atoms with E-state index in [-0.39, 0.29) is 16.2 Å². The lowest BCUT2D eigenvalue weighted by molar-refractivity contribution is -0.114. The quantitative estimate of drug-likeness (QED) is 0.264. The highest BCUT2D eigenvalue weighted by atomic mass is 32.2. The van der Waals surface area contributed by atoms with Gasteiger partial charge in [0.05, 0.1) is 10.6 Å². The Labute approximate surface area is 235 Å². The van der Waals surface area contributed by atoms with Gasteiger partial charge in [-0.15, -0.1) is 0 Å². The maximum atomic E-state index is 13.5. The number of carbonyl (C=O) groups excluding carboxylic acids is 2. The highest BCUT2D eigenvalue weighted by molar-refractivity contribution is 7.92. The molecule has 0 atom stereocenters. The van der Waals surface area contributed by atoms with E-state index in [1.807, 2.05) is 19.1 Å². The summed E-state index contributed by atoms with van der Waals surface area (Å²) in [6, 6.07) is 29.1. The third kappa shape index (κ3) is 6.95. The predicted molar refractivity (Wildman–Crippen MR) is 160 cm³/mol. The Balaban J connectivity index is 1.49. The van der Waals surface area contributed by atoms with Gasteiger partial charge in [0.15, 0.2) is 0 Å². The molecule has 0 saturated carbocycles. The molecule has 0 fully saturated rings. The van der Waals surface area contributed by atoms with Crippen molar-refractivity contribution in [1.82, 2.24) is 0 Å². The van der Waals surface area contributed by atoms with Crippen LogP contribution in [0, 0.1) is 6.92 Å². The van der Waals surface area contributed by atoms with Crippen molar-refractivity contribution in [2.75, 3.05) is 21.5 Å². The van der Waals surface area contributed by atoms with Crippen LogP contribution in [0.4, 0.5) is 17.1 Å². The van der Waals surface area contributed by atoms with Crippen LogP contribution in [0.15, 0.2) is 108 Å². The van der Waals surface area contributed by atoms with E-state index in [0.29, 0.717) is 22.6 Å². The van der Waals surface area contributed by atoms with Gasteiger partial charge >= 0.3 is 0 Å². The van der Waals surface area contributed by atoms with Crippen molar-refractivity contribution in [1.29, 1.82) is 0 Å². The zero-order chi connectivity index (χ0) is 28.9. The maximum Gasteiger partial charge on any atom is 0.264 e. The highest BCUT2D eigenvalue weighted by Crippen LogP contribution is 2.25. The average molecular weight is 556 g/mol. The zero-order valence-corrected chi connectivity index (χ0v) is 23.8. The minimum absolute atomic E-state index is 0.0169. The largest absolute Gasteiger partial charge is 0.324 e. The van der Waals surface area contributed by atoms with Gasteiger partial charge in [-0.1, -0.05) is 74.9 Å². The predicted octanol–water partition coefficient (Wildman–Crippen LogP) is 6.38. The summed E-state index contributed by atoms with van der Waals surface area (Å²) in [7, 11) is -4.01. The van der Waals surface area contributed by atoms with E-state index >= 15 is 0 Å². The van der Waals surface area contributed by atoms with Crippen LogP contribution in [0.3, 0.4) is 0 Å². The smallest absolute Gasteiger partial charge is 0.264 e. The summed E-state index contributed by atoms with van der Waals surface area (Å²) in [6.07, 6.45) is 0. The molecule has 2 amide bonds. The Bertz CT molecular complexity index is 1590. The molecule has 0 spiro atoms. The molecule has 0 bridgehead atoms. The minimum atomic E-state index is -4.01. The van der Waals surface area contributed by atoms with E-state index in [1.54, 1.807) is 78.9 Å². The van der Waals surface area contributed by atoms with Gasteiger partial charge in [0.25, 0.3) is 15.9 Å². The fourth-order valence-electron chi connectivity index (χ4n) is 4.08. The second kappa shape index (κ2) is 11.8. The first-order valence-corrected chi connectivity index (χ1v) is 14.3. The molecule has 206 valence electrons. The van der Waals surface area contributed by atoms with Crippen LogP contribution in [-0.2, 0) is 20.2 Å². The van der Waals surface area contributed by atoms with Crippen LogP contribution in [0.5, 0.6) is 0 Å². The fraction of sp³-hybridized carbons (Fsp3) is 0.188. The van der Waals surface area contributed by atoms with Crippen LogP contribution in [-0.4, -0.2) is 26.8 Å². The normalized spacial score (nSPS) is 11.5. The van der Waals surface area contributed by atoms with Gasteiger partial charge in [0, 0.05) is 16.9 Å². The zero-order valence-electron chi connectivity index (χ0n) is 23.0. The van der Waals surface area contributed by atoms with Crippen molar-refractivity contribution in [2.45, 2.75) is 38.0 Å². The van der Waals surface area contributed by atoms with Gasteiger partial charge in [-0.05, 0) is 72.5 Å². The van der Waals surface area contributed by atoms with E-state index in [2.05, 4.69) is 31.4 Å². The second-order valence-corrected chi connectivity index (χ2v) is 12.4. The minimum Gasteiger partial charge on any atom is -0.324 e. The molecule has 0 aliphatic rings. The standard InChI is InChI=1S/C32H33N3O4S/c1-23-13-19-28(20-14-23)35(40(38,39)29-11-6-5-7-12-29)22-30(36)33-26-9-8-10-27(21-26)34-31(37)24-15-17-25(18-16-24)32(2,3)4/h5-21H,22H2,1-4H3,(H,33,36)(H,34,37). The summed E-state index contributed by atoms with van der Waals surface area (Å²) < 4.78 is 28.1. The molecule has 0 unspecified atom stereocenters. The average Bonchev–Trinajstić information content (AvgIpc) is 2.92. The molecule has 0 heterocycles.